The molecule has 5 rings (SSSR count). The van der Waals surface area contributed by atoms with Gasteiger partial charge in [0.05, 0.1) is 19.2 Å². The molecule has 0 bridgehead atoms. The standard InChI is InChI=1S/C26H34ClN7O4S/c1-31(2)26-28-10-9-23(30-26)33-11-5-4-6-20(33)15-34-21(17-38-3)14-32(16-25(34)35)39(36,37)24-12-18-7-8-19(27)13-22(18)29-24/h7-10,12-13,20-21,29H,4-6,11,14-17H2,1-3H3/t20?,21-/m1/s1. The first-order valence-corrected chi connectivity index (χ1v) is 14.8. The summed E-state index contributed by atoms with van der Waals surface area (Å²) in [4.78, 5) is 31.4. The molecule has 210 valence electrons. The van der Waals surface area contributed by atoms with Gasteiger partial charge in [-0.15, -0.1) is 0 Å². The van der Waals surface area contributed by atoms with Gasteiger partial charge in [-0.2, -0.15) is 9.29 Å². The number of carbonyl (C=O) groups excluding carboxylic acids is 1. The average Bonchev–Trinajstić information content (AvgIpc) is 3.35. The van der Waals surface area contributed by atoms with Crippen molar-refractivity contribution in [2.45, 2.75) is 36.4 Å². The van der Waals surface area contributed by atoms with Crippen LogP contribution in [-0.2, 0) is 19.6 Å². The summed E-state index contributed by atoms with van der Waals surface area (Å²) in [5.41, 5.74) is 0.624. The van der Waals surface area contributed by atoms with Crippen molar-refractivity contribution in [3.05, 3.63) is 41.6 Å². The molecule has 1 N–H and O–H groups in total. The van der Waals surface area contributed by atoms with Crippen molar-refractivity contribution in [1.82, 2.24) is 24.2 Å². The summed E-state index contributed by atoms with van der Waals surface area (Å²) in [5.74, 6) is 1.21. The van der Waals surface area contributed by atoms with E-state index in [9.17, 15) is 13.2 Å². The number of sulfonamides is 1. The lowest BCUT2D eigenvalue weighted by Crippen LogP contribution is -2.62. The molecule has 11 nitrogen and oxygen atoms in total. The summed E-state index contributed by atoms with van der Waals surface area (Å²) >= 11 is 6.07. The topological polar surface area (TPSA) is 115 Å². The first kappa shape index (κ1) is 27.6. The number of amides is 1. The van der Waals surface area contributed by atoms with Gasteiger partial charge in [0.25, 0.3) is 10.0 Å². The molecule has 1 amide bonds. The highest BCUT2D eigenvalue weighted by Crippen LogP contribution is 2.29. The van der Waals surface area contributed by atoms with Crippen molar-refractivity contribution in [2.75, 3.05) is 63.8 Å². The van der Waals surface area contributed by atoms with Gasteiger partial charge >= 0.3 is 0 Å². The van der Waals surface area contributed by atoms with Crippen molar-refractivity contribution in [1.29, 1.82) is 0 Å². The fourth-order valence-corrected chi connectivity index (χ4v) is 7.01. The van der Waals surface area contributed by atoms with E-state index in [1.165, 1.54) is 4.31 Å². The number of aromatic nitrogens is 3. The van der Waals surface area contributed by atoms with Crippen LogP contribution in [0.3, 0.4) is 0 Å². The number of H-pyrrole nitrogens is 1. The molecule has 0 spiro atoms. The summed E-state index contributed by atoms with van der Waals surface area (Å²) in [7, 11) is 1.42. The Hall–Kier alpha value is -2.93. The minimum atomic E-state index is -3.94. The highest BCUT2D eigenvalue weighted by Gasteiger charge is 2.41. The van der Waals surface area contributed by atoms with Gasteiger partial charge in [0.15, 0.2) is 0 Å². The van der Waals surface area contributed by atoms with Crippen LogP contribution in [0.4, 0.5) is 11.8 Å². The van der Waals surface area contributed by atoms with E-state index in [4.69, 9.17) is 21.3 Å². The molecule has 0 saturated carbocycles. The number of nitrogens with zero attached hydrogens (tertiary/aromatic N) is 6. The molecule has 0 radical (unpaired) electrons. The lowest BCUT2D eigenvalue weighted by molar-refractivity contribution is -0.139. The Balaban J connectivity index is 1.37. The Morgan fingerprint density at radius 3 is 2.77 bits per heavy atom. The van der Waals surface area contributed by atoms with Crippen LogP contribution in [0.25, 0.3) is 10.9 Å². The Morgan fingerprint density at radius 1 is 1.18 bits per heavy atom. The number of nitrogens with one attached hydrogen (secondary N) is 1. The van der Waals surface area contributed by atoms with E-state index in [1.807, 2.05) is 25.1 Å². The molecular formula is C26H34ClN7O4S. The number of methoxy groups -OCH3 is 1. The molecule has 2 aliphatic rings. The van der Waals surface area contributed by atoms with Crippen LogP contribution < -0.4 is 9.80 Å². The lowest BCUT2D eigenvalue weighted by Gasteiger charge is -2.45. The summed E-state index contributed by atoms with van der Waals surface area (Å²) in [5, 5.41) is 1.28. The number of aromatic amines is 1. The number of piperidine rings is 1. The molecule has 39 heavy (non-hydrogen) atoms. The second-order valence-corrected chi connectivity index (χ2v) is 12.6. The van der Waals surface area contributed by atoms with Crippen molar-refractivity contribution in [2.24, 2.45) is 0 Å². The number of piperazine rings is 1. The van der Waals surface area contributed by atoms with E-state index in [1.54, 1.807) is 42.5 Å². The third-order valence-electron chi connectivity index (χ3n) is 7.38. The SMILES string of the molecule is COC[C@H]1CN(S(=O)(=O)c2cc3ccc(Cl)cc3[nH]2)CC(=O)N1CC1CCCCN1c1ccnc(N(C)C)n1. The van der Waals surface area contributed by atoms with Gasteiger partial charge in [-0.25, -0.2) is 13.4 Å². The summed E-state index contributed by atoms with van der Waals surface area (Å²) in [6.07, 6.45) is 4.75. The fourth-order valence-electron chi connectivity index (χ4n) is 5.40. The van der Waals surface area contributed by atoms with Crippen LogP contribution in [0.5, 0.6) is 0 Å². The number of carbonyl (C=O) groups is 1. The van der Waals surface area contributed by atoms with E-state index in [-0.39, 0.29) is 36.7 Å². The molecular weight excluding hydrogens is 542 g/mol. The zero-order chi connectivity index (χ0) is 27.7. The smallest absolute Gasteiger partial charge is 0.259 e. The molecule has 0 aliphatic carbocycles. The van der Waals surface area contributed by atoms with Crippen LogP contribution in [0, 0.1) is 0 Å². The monoisotopic (exact) mass is 575 g/mol. The van der Waals surface area contributed by atoms with Gasteiger partial charge in [0, 0.05) is 69.0 Å². The maximum Gasteiger partial charge on any atom is 0.259 e. The quantitative estimate of drug-likeness (QED) is 0.436. The lowest BCUT2D eigenvalue weighted by atomic mass is 10.00. The zero-order valence-corrected chi connectivity index (χ0v) is 24.0. The second-order valence-electron chi connectivity index (χ2n) is 10.3. The van der Waals surface area contributed by atoms with Crippen molar-refractivity contribution in [3.63, 3.8) is 0 Å². The van der Waals surface area contributed by atoms with Crippen molar-refractivity contribution < 1.29 is 17.9 Å². The van der Waals surface area contributed by atoms with Gasteiger partial charge in [-0.1, -0.05) is 17.7 Å². The molecule has 4 heterocycles. The van der Waals surface area contributed by atoms with E-state index in [0.29, 0.717) is 23.0 Å². The minimum absolute atomic E-state index is 0.0381. The predicted molar refractivity (Wildman–Crippen MR) is 151 cm³/mol. The van der Waals surface area contributed by atoms with Gasteiger partial charge in [0.2, 0.25) is 11.9 Å². The molecule has 2 saturated heterocycles. The van der Waals surface area contributed by atoms with Gasteiger partial charge in [0.1, 0.15) is 10.8 Å². The van der Waals surface area contributed by atoms with Crippen molar-refractivity contribution in [3.8, 4) is 0 Å². The Kier molecular flexibility index (Phi) is 7.99. The highest BCUT2D eigenvalue weighted by molar-refractivity contribution is 7.89. The number of halogens is 1. The maximum atomic E-state index is 13.6. The Bertz CT molecular complexity index is 1450. The molecule has 1 unspecified atom stereocenters. The van der Waals surface area contributed by atoms with Gasteiger partial charge in [-0.3, -0.25) is 4.79 Å². The molecule has 2 aliphatic heterocycles. The summed E-state index contributed by atoms with van der Waals surface area (Å²) in [6.45, 7) is 1.43. The first-order valence-electron chi connectivity index (χ1n) is 13.0. The number of hydrogen-bond donors (Lipinski definition) is 1. The van der Waals surface area contributed by atoms with Crippen LogP contribution in [0.1, 0.15) is 19.3 Å². The maximum absolute atomic E-state index is 13.6. The van der Waals surface area contributed by atoms with Crippen LogP contribution in [-0.4, -0.2) is 105 Å². The van der Waals surface area contributed by atoms with Crippen LogP contribution in [0.15, 0.2) is 41.6 Å². The highest BCUT2D eigenvalue weighted by atomic mass is 35.5. The van der Waals surface area contributed by atoms with Crippen LogP contribution >= 0.6 is 11.6 Å². The van der Waals surface area contributed by atoms with E-state index in [2.05, 4.69) is 14.9 Å². The molecule has 1 aromatic carbocycles. The molecule has 2 atom stereocenters. The Morgan fingerprint density at radius 2 is 2.00 bits per heavy atom. The molecule has 2 aromatic heterocycles. The molecule has 3 aromatic rings. The minimum Gasteiger partial charge on any atom is -0.382 e. The number of fused-ring (bicyclic) bond motifs is 1. The number of benzene rings is 1. The number of anilines is 2. The van der Waals surface area contributed by atoms with Crippen LogP contribution in [0.2, 0.25) is 5.02 Å². The van der Waals surface area contributed by atoms with E-state index >= 15 is 0 Å². The largest absolute Gasteiger partial charge is 0.382 e. The van der Waals surface area contributed by atoms with E-state index in [0.717, 1.165) is 37.0 Å². The first-order chi connectivity index (χ1) is 18.7. The molecule has 13 heteroatoms. The third-order valence-corrected chi connectivity index (χ3v) is 9.35. The number of rotatable bonds is 8. The fraction of sp³-hybridized carbons (Fsp3) is 0.500. The average molecular weight is 576 g/mol. The summed E-state index contributed by atoms with van der Waals surface area (Å²) < 4.78 is 33.9. The van der Waals surface area contributed by atoms with Crippen molar-refractivity contribution >= 4 is 50.2 Å². The number of ether oxygens (including phenoxy) is 1. The molecule has 2 fully saturated rings. The van der Waals surface area contributed by atoms with Gasteiger partial charge in [-0.05, 0) is 43.5 Å². The zero-order valence-electron chi connectivity index (χ0n) is 22.4. The normalized spacial score (nSPS) is 21.1. The predicted octanol–water partition coefficient (Wildman–Crippen LogP) is 2.58. The second kappa shape index (κ2) is 11.3. The third kappa shape index (κ3) is 5.69. The van der Waals surface area contributed by atoms with E-state index < -0.39 is 16.1 Å². The van der Waals surface area contributed by atoms with Gasteiger partial charge < -0.3 is 24.4 Å². The summed E-state index contributed by atoms with van der Waals surface area (Å²) in [6, 6.07) is 8.26. The number of hydrogen-bond acceptors (Lipinski definition) is 8. The Labute approximate surface area is 233 Å².